The summed E-state index contributed by atoms with van der Waals surface area (Å²) in [7, 11) is 0. The van der Waals surface area contributed by atoms with Gasteiger partial charge in [-0.2, -0.15) is 0 Å². The summed E-state index contributed by atoms with van der Waals surface area (Å²) >= 11 is 1.44. The lowest BCUT2D eigenvalue weighted by atomic mass is 10.2. The molecule has 1 aromatic carbocycles. The first kappa shape index (κ1) is 17.6. The van der Waals surface area contributed by atoms with Gasteiger partial charge in [-0.15, -0.1) is 0 Å². The monoisotopic (exact) mass is 371 g/mol. The molecule has 138 valence electrons. The summed E-state index contributed by atoms with van der Waals surface area (Å²) in [6, 6.07) is 7.73. The van der Waals surface area contributed by atoms with Crippen LogP contribution in [-0.2, 0) is 4.79 Å². The molecule has 1 aliphatic heterocycles. The van der Waals surface area contributed by atoms with Gasteiger partial charge in [0.15, 0.2) is 5.16 Å². The van der Waals surface area contributed by atoms with Crippen molar-refractivity contribution in [3.8, 4) is 0 Å². The van der Waals surface area contributed by atoms with Gasteiger partial charge in [0.05, 0.1) is 16.2 Å². The maximum Gasteiger partial charge on any atom is 0.262 e. The molecule has 1 unspecified atom stereocenters. The van der Waals surface area contributed by atoms with E-state index in [1.54, 1.807) is 0 Å². The Balaban J connectivity index is 1.71. The van der Waals surface area contributed by atoms with Crippen LogP contribution in [-0.4, -0.2) is 38.7 Å². The Morgan fingerprint density at radius 3 is 2.58 bits per heavy atom. The predicted molar refractivity (Wildman–Crippen MR) is 105 cm³/mol. The highest BCUT2D eigenvalue weighted by molar-refractivity contribution is 8.00. The van der Waals surface area contributed by atoms with E-state index in [-0.39, 0.29) is 22.8 Å². The Hall–Kier alpha value is -1.82. The molecule has 1 atom stereocenters. The molecule has 6 heteroatoms. The van der Waals surface area contributed by atoms with E-state index in [1.807, 2.05) is 40.7 Å². The molecule has 2 heterocycles. The molecule has 0 spiro atoms. The van der Waals surface area contributed by atoms with Gasteiger partial charge in [-0.1, -0.05) is 36.7 Å². The number of thioether (sulfide) groups is 1. The van der Waals surface area contributed by atoms with Crippen molar-refractivity contribution in [3.63, 3.8) is 0 Å². The number of para-hydroxylation sites is 1. The molecule has 1 saturated heterocycles. The first-order valence-corrected chi connectivity index (χ1v) is 10.5. The number of likely N-dealkylation sites (tertiary alicyclic amines) is 1. The van der Waals surface area contributed by atoms with Crippen molar-refractivity contribution in [2.75, 3.05) is 13.1 Å². The van der Waals surface area contributed by atoms with E-state index >= 15 is 0 Å². The molecular weight excluding hydrogens is 346 g/mol. The normalized spacial score (nSPS) is 19.3. The molecule has 0 bridgehead atoms. The third-order valence-corrected chi connectivity index (χ3v) is 6.57. The molecule has 1 amide bonds. The summed E-state index contributed by atoms with van der Waals surface area (Å²) in [5, 5.41) is 1.14. The van der Waals surface area contributed by atoms with Crippen LogP contribution in [0, 0.1) is 0 Å². The van der Waals surface area contributed by atoms with E-state index in [0.717, 1.165) is 57.1 Å². The molecule has 1 aliphatic carbocycles. The Morgan fingerprint density at radius 2 is 1.85 bits per heavy atom. The molecule has 0 N–H and O–H groups in total. The van der Waals surface area contributed by atoms with Gasteiger partial charge in [0.2, 0.25) is 5.91 Å². The highest BCUT2D eigenvalue weighted by Crippen LogP contribution is 2.33. The smallest absolute Gasteiger partial charge is 0.262 e. The summed E-state index contributed by atoms with van der Waals surface area (Å²) in [5.74, 6) is 0.160. The number of hydrogen-bond acceptors (Lipinski definition) is 4. The van der Waals surface area contributed by atoms with Gasteiger partial charge in [-0.05, 0) is 44.7 Å². The van der Waals surface area contributed by atoms with Crippen molar-refractivity contribution < 1.29 is 4.79 Å². The van der Waals surface area contributed by atoms with Gasteiger partial charge in [0, 0.05) is 19.1 Å². The van der Waals surface area contributed by atoms with E-state index in [2.05, 4.69) is 0 Å². The standard InChI is InChI=1S/C20H25N3O2S/c1-14(18(24)22-12-6-7-13-22)26-20-21-17-11-5-4-10-16(17)19(25)23(20)15-8-2-3-9-15/h4-5,10-11,14-15H,2-3,6-9,12-13H2,1H3. The SMILES string of the molecule is CC(Sc1nc2ccccc2c(=O)n1C1CCCC1)C(=O)N1CCCC1. The molecule has 4 rings (SSSR count). The number of aromatic nitrogens is 2. The summed E-state index contributed by atoms with van der Waals surface area (Å²) < 4.78 is 1.87. The van der Waals surface area contributed by atoms with Gasteiger partial charge in [-0.3, -0.25) is 14.2 Å². The quantitative estimate of drug-likeness (QED) is 0.608. The fourth-order valence-electron chi connectivity index (χ4n) is 4.10. The van der Waals surface area contributed by atoms with E-state index < -0.39 is 0 Å². The lowest BCUT2D eigenvalue weighted by Crippen LogP contribution is -2.35. The molecule has 1 aromatic heterocycles. The third kappa shape index (κ3) is 3.27. The van der Waals surface area contributed by atoms with E-state index in [9.17, 15) is 9.59 Å². The number of carbonyl (C=O) groups is 1. The predicted octanol–water partition coefficient (Wildman–Crippen LogP) is 3.61. The summed E-state index contributed by atoms with van der Waals surface area (Å²) in [6.45, 7) is 3.64. The largest absolute Gasteiger partial charge is 0.342 e. The third-order valence-electron chi connectivity index (χ3n) is 5.51. The zero-order valence-corrected chi connectivity index (χ0v) is 16.0. The molecule has 2 fully saturated rings. The molecule has 0 radical (unpaired) electrons. The Morgan fingerprint density at radius 1 is 1.15 bits per heavy atom. The van der Waals surface area contributed by atoms with Crippen molar-refractivity contribution in [3.05, 3.63) is 34.6 Å². The molecule has 1 saturated carbocycles. The molecule has 26 heavy (non-hydrogen) atoms. The second-order valence-corrected chi connectivity index (χ2v) is 8.63. The van der Waals surface area contributed by atoms with E-state index in [4.69, 9.17) is 4.98 Å². The number of benzene rings is 1. The van der Waals surface area contributed by atoms with E-state index in [0.29, 0.717) is 10.5 Å². The van der Waals surface area contributed by atoms with Crippen LogP contribution in [0.4, 0.5) is 0 Å². The fourth-order valence-corrected chi connectivity index (χ4v) is 5.16. The van der Waals surface area contributed by atoms with Crippen LogP contribution in [0.5, 0.6) is 0 Å². The van der Waals surface area contributed by atoms with Gasteiger partial charge < -0.3 is 4.90 Å². The van der Waals surface area contributed by atoms with Gasteiger partial charge in [0.1, 0.15) is 0 Å². The minimum absolute atomic E-state index is 0.0332. The van der Waals surface area contributed by atoms with Crippen molar-refractivity contribution in [2.45, 2.75) is 61.9 Å². The van der Waals surface area contributed by atoms with Crippen LogP contribution in [0.2, 0.25) is 0 Å². The topological polar surface area (TPSA) is 55.2 Å². The summed E-state index contributed by atoms with van der Waals surface area (Å²) in [5.41, 5.74) is 0.751. The van der Waals surface area contributed by atoms with Crippen LogP contribution < -0.4 is 5.56 Å². The average Bonchev–Trinajstić information content (AvgIpc) is 3.35. The highest BCUT2D eigenvalue weighted by Gasteiger charge is 2.28. The number of nitrogens with zero attached hydrogens (tertiary/aromatic N) is 3. The molecule has 5 nitrogen and oxygen atoms in total. The van der Waals surface area contributed by atoms with Crippen LogP contribution in [0.1, 0.15) is 51.5 Å². The van der Waals surface area contributed by atoms with Crippen molar-refractivity contribution in [1.29, 1.82) is 0 Å². The van der Waals surface area contributed by atoms with E-state index in [1.165, 1.54) is 11.8 Å². The number of rotatable bonds is 4. The molecule has 2 aromatic rings. The lowest BCUT2D eigenvalue weighted by Gasteiger charge is -2.23. The average molecular weight is 372 g/mol. The van der Waals surface area contributed by atoms with Crippen LogP contribution in [0.3, 0.4) is 0 Å². The van der Waals surface area contributed by atoms with Crippen molar-refractivity contribution in [1.82, 2.24) is 14.5 Å². The van der Waals surface area contributed by atoms with Crippen LogP contribution >= 0.6 is 11.8 Å². The Labute approximate surface area is 157 Å². The lowest BCUT2D eigenvalue weighted by molar-refractivity contribution is -0.129. The number of hydrogen-bond donors (Lipinski definition) is 0. The first-order chi connectivity index (χ1) is 12.6. The zero-order valence-electron chi connectivity index (χ0n) is 15.2. The second kappa shape index (κ2) is 7.43. The zero-order chi connectivity index (χ0) is 18.1. The second-order valence-electron chi connectivity index (χ2n) is 7.32. The number of amides is 1. The minimum Gasteiger partial charge on any atom is -0.342 e. The van der Waals surface area contributed by atoms with Crippen LogP contribution in [0.15, 0.2) is 34.2 Å². The highest BCUT2D eigenvalue weighted by atomic mass is 32.2. The summed E-state index contributed by atoms with van der Waals surface area (Å²) in [4.78, 5) is 32.6. The minimum atomic E-state index is -0.228. The van der Waals surface area contributed by atoms with Gasteiger partial charge in [0.25, 0.3) is 5.56 Å². The molecular formula is C20H25N3O2S. The molecule has 2 aliphatic rings. The maximum atomic E-state index is 13.2. The fraction of sp³-hybridized carbons (Fsp3) is 0.550. The van der Waals surface area contributed by atoms with Crippen molar-refractivity contribution in [2.24, 2.45) is 0 Å². The number of carbonyl (C=O) groups excluding carboxylic acids is 1. The van der Waals surface area contributed by atoms with Crippen LogP contribution in [0.25, 0.3) is 10.9 Å². The first-order valence-electron chi connectivity index (χ1n) is 9.62. The Kier molecular flexibility index (Phi) is 5.02. The van der Waals surface area contributed by atoms with Gasteiger partial charge >= 0.3 is 0 Å². The maximum absolute atomic E-state index is 13.2. The Bertz CT molecular complexity index is 867. The van der Waals surface area contributed by atoms with Crippen molar-refractivity contribution >= 4 is 28.6 Å². The number of fused-ring (bicyclic) bond motifs is 1. The van der Waals surface area contributed by atoms with Gasteiger partial charge in [-0.25, -0.2) is 4.98 Å². The summed E-state index contributed by atoms with van der Waals surface area (Å²) in [6.07, 6.45) is 6.50.